The van der Waals surface area contributed by atoms with Gasteiger partial charge in [0.2, 0.25) is 0 Å². The normalized spacial score (nSPS) is 22.2. The first-order chi connectivity index (χ1) is 14.9. The van der Waals surface area contributed by atoms with Crippen LogP contribution in [0.25, 0.3) is 32.7 Å². The largest absolute Gasteiger partial charge is 0.494 e. The summed E-state index contributed by atoms with van der Waals surface area (Å²) >= 11 is 0. The first-order valence-corrected chi connectivity index (χ1v) is 8.56. The lowest BCUT2D eigenvalue weighted by molar-refractivity contribution is 0.00578. The van der Waals surface area contributed by atoms with Crippen LogP contribution in [0.2, 0.25) is 0 Å². The molecule has 5 rings (SSSR count). The molecule has 0 aliphatic carbocycles. The number of hydrogen-bond acceptors (Lipinski definition) is 3. The summed E-state index contributed by atoms with van der Waals surface area (Å²) in [5.41, 5.74) is 0.334. The van der Waals surface area contributed by atoms with Crippen LogP contribution < -0.4 is 5.46 Å². The maximum absolute atomic E-state index is 8.60. The lowest BCUT2D eigenvalue weighted by atomic mass is 9.78. The van der Waals surface area contributed by atoms with Gasteiger partial charge in [-0.25, -0.2) is 0 Å². The van der Waals surface area contributed by atoms with Crippen molar-refractivity contribution in [1.82, 2.24) is 0 Å². The predicted octanol–water partition coefficient (Wildman–Crippen LogP) is 5.04. The van der Waals surface area contributed by atoms with Gasteiger partial charge in [0.15, 0.2) is 0 Å². The third-order valence-electron chi connectivity index (χ3n) is 5.46. The second kappa shape index (κ2) is 5.12. The Morgan fingerprint density at radius 2 is 1.58 bits per heavy atom. The minimum absolute atomic E-state index is 0.0151. The van der Waals surface area contributed by atoms with E-state index >= 15 is 0 Å². The number of benzene rings is 3. The topological polar surface area (TPSA) is 31.6 Å². The zero-order valence-electron chi connectivity index (χ0n) is 21.0. The Labute approximate surface area is 161 Å². The number of hydrogen-bond donors (Lipinski definition) is 0. The van der Waals surface area contributed by atoms with Crippen molar-refractivity contribution in [2.75, 3.05) is 0 Å². The molecule has 0 saturated carbocycles. The Morgan fingerprint density at radius 3 is 2.35 bits per heavy atom. The van der Waals surface area contributed by atoms with Gasteiger partial charge in [-0.1, -0.05) is 42.3 Å². The van der Waals surface area contributed by atoms with Gasteiger partial charge in [-0.2, -0.15) is 0 Å². The molecular formula is C22H21BO3. The number of rotatable bonds is 1. The number of fused-ring (bicyclic) bond motifs is 5. The molecule has 4 aromatic rings. The second-order valence-electron chi connectivity index (χ2n) is 7.65. The molecule has 1 aliphatic heterocycles. The second-order valence-corrected chi connectivity index (χ2v) is 7.65. The SMILES string of the molecule is [2H]c1c([2H])c([2H])c2c(c1[2H])c([2H])c([2H])c1c3cc(B4OC(C)(C)C(C)(C)O4)ccc3oc21. The fourth-order valence-corrected chi connectivity index (χ4v) is 3.24. The Hall–Kier alpha value is -2.30. The summed E-state index contributed by atoms with van der Waals surface area (Å²) in [6, 6.07) is 3.47. The third kappa shape index (κ3) is 2.16. The highest BCUT2D eigenvalue weighted by Gasteiger charge is 2.51. The molecule has 2 heterocycles. The monoisotopic (exact) mass is 350 g/mol. The van der Waals surface area contributed by atoms with Gasteiger partial charge in [-0.05, 0) is 50.7 Å². The maximum atomic E-state index is 8.60. The van der Waals surface area contributed by atoms with Crippen LogP contribution in [0.1, 0.15) is 35.9 Å². The van der Waals surface area contributed by atoms with Crippen LogP contribution in [0.15, 0.2) is 58.9 Å². The van der Waals surface area contributed by atoms with Gasteiger partial charge < -0.3 is 13.7 Å². The summed E-state index contributed by atoms with van der Waals surface area (Å²) in [6.45, 7) is 7.86. The molecule has 3 nitrogen and oxygen atoms in total. The van der Waals surface area contributed by atoms with E-state index in [1.165, 1.54) is 0 Å². The Bertz CT molecular complexity index is 1440. The van der Waals surface area contributed by atoms with Crippen molar-refractivity contribution in [3.8, 4) is 0 Å². The average Bonchev–Trinajstić information content (AvgIpc) is 3.20. The first-order valence-electron chi connectivity index (χ1n) is 11.6. The molecule has 0 spiro atoms. The lowest BCUT2D eigenvalue weighted by Gasteiger charge is -2.32. The van der Waals surface area contributed by atoms with E-state index in [-0.39, 0.29) is 40.5 Å². The predicted molar refractivity (Wildman–Crippen MR) is 107 cm³/mol. The van der Waals surface area contributed by atoms with Crippen LogP contribution in [-0.4, -0.2) is 18.3 Å². The zero-order chi connectivity index (χ0) is 23.3. The summed E-state index contributed by atoms with van der Waals surface area (Å²) in [5.74, 6) is 0. The molecule has 26 heavy (non-hydrogen) atoms. The highest BCUT2D eigenvalue weighted by Crippen LogP contribution is 2.37. The van der Waals surface area contributed by atoms with Crippen molar-refractivity contribution < 1.29 is 22.0 Å². The molecule has 0 amide bonds. The van der Waals surface area contributed by atoms with Gasteiger partial charge in [0.25, 0.3) is 0 Å². The maximum Gasteiger partial charge on any atom is 0.494 e. The van der Waals surface area contributed by atoms with Gasteiger partial charge in [0, 0.05) is 16.2 Å². The van der Waals surface area contributed by atoms with Gasteiger partial charge in [0.1, 0.15) is 11.2 Å². The Balaban J connectivity index is 1.83. The molecule has 1 fully saturated rings. The summed E-state index contributed by atoms with van der Waals surface area (Å²) in [6.07, 6.45) is 0. The van der Waals surface area contributed by atoms with Gasteiger partial charge in [-0.15, -0.1) is 0 Å². The van der Waals surface area contributed by atoms with E-state index in [2.05, 4.69) is 0 Å². The molecule has 0 radical (unpaired) electrons. The van der Waals surface area contributed by atoms with Crippen LogP contribution in [0.3, 0.4) is 0 Å². The minimum Gasteiger partial charge on any atom is -0.455 e. The van der Waals surface area contributed by atoms with Crippen LogP contribution in [0.4, 0.5) is 0 Å². The van der Waals surface area contributed by atoms with Crippen molar-refractivity contribution in [2.24, 2.45) is 0 Å². The third-order valence-corrected chi connectivity index (χ3v) is 5.46. The minimum atomic E-state index is -0.614. The molecule has 1 saturated heterocycles. The van der Waals surface area contributed by atoms with E-state index in [9.17, 15) is 0 Å². The van der Waals surface area contributed by atoms with Gasteiger partial charge in [0.05, 0.1) is 19.4 Å². The van der Waals surface area contributed by atoms with Crippen LogP contribution in [-0.2, 0) is 9.31 Å². The summed E-state index contributed by atoms with van der Waals surface area (Å²) in [7, 11) is -0.614. The van der Waals surface area contributed by atoms with Crippen LogP contribution in [0, 0.1) is 0 Å². The molecule has 3 aromatic carbocycles. The average molecular weight is 350 g/mol. The highest BCUT2D eigenvalue weighted by atomic mass is 16.7. The quantitative estimate of drug-likeness (QED) is 0.451. The van der Waals surface area contributed by atoms with E-state index in [0.29, 0.717) is 16.4 Å². The highest BCUT2D eigenvalue weighted by molar-refractivity contribution is 6.62. The van der Waals surface area contributed by atoms with Crippen molar-refractivity contribution >= 4 is 45.3 Å². The molecule has 1 aliphatic rings. The molecule has 4 heteroatoms. The molecular weight excluding hydrogens is 323 g/mol. The lowest BCUT2D eigenvalue weighted by Crippen LogP contribution is -2.41. The fourth-order valence-electron chi connectivity index (χ4n) is 3.24. The first kappa shape index (κ1) is 10.8. The molecule has 0 unspecified atom stereocenters. The molecule has 130 valence electrons. The Morgan fingerprint density at radius 1 is 0.846 bits per heavy atom. The summed E-state index contributed by atoms with van der Waals surface area (Å²) in [5, 5.41) is 1.00. The molecule has 0 N–H and O–H groups in total. The van der Waals surface area contributed by atoms with Crippen molar-refractivity contribution in [3.05, 3.63) is 54.5 Å². The Kier molecular flexibility index (Phi) is 2.12. The zero-order valence-corrected chi connectivity index (χ0v) is 15.0. The van der Waals surface area contributed by atoms with Gasteiger partial charge >= 0.3 is 7.12 Å². The molecule has 0 atom stereocenters. The molecule has 0 bridgehead atoms. The summed E-state index contributed by atoms with van der Waals surface area (Å²) < 4.78 is 68.0. The van der Waals surface area contributed by atoms with E-state index in [1.54, 1.807) is 12.1 Å². The van der Waals surface area contributed by atoms with Crippen LogP contribution >= 0.6 is 0 Å². The summed E-state index contributed by atoms with van der Waals surface area (Å²) in [4.78, 5) is 0. The standard InChI is InChI=1S/C22H21BO3/c1-21(2)22(3,4)26-23(25-21)15-10-12-19-18(13-15)17-11-9-14-7-5-6-8-16(14)20(17)24-19/h5-13H,1-4H3/i5D,6D,7D,8D,9D,11D. The van der Waals surface area contributed by atoms with Gasteiger partial charge in [-0.3, -0.25) is 0 Å². The molecule has 1 aromatic heterocycles. The van der Waals surface area contributed by atoms with Crippen molar-refractivity contribution in [1.29, 1.82) is 0 Å². The fraction of sp³-hybridized carbons (Fsp3) is 0.273. The number of furan rings is 1. The van der Waals surface area contributed by atoms with Crippen LogP contribution in [0.5, 0.6) is 0 Å². The smallest absolute Gasteiger partial charge is 0.455 e. The van der Waals surface area contributed by atoms with E-state index in [0.717, 1.165) is 5.46 Å². The van der Waals surface area contributed by atoms with Crippen molar-refractivity contribution in [2.45, 2.75) is 38.9 Å². The van der Waals surface area contributed by atoms with E-state index in [1.807, 2.05) is 33.8 Å². The van der Waals surface area contributed by atoms with E-state index < -0.39 is 30.4 Å². The van der Waals surface area contributed by atoms with Crippen molar-refractivity contribution in [3.63, 3.8) is 0 Å². The van der Waals surface area contributed by atoms with E-state index in [4.69, 9.17) is 22.0 Å².